The molecule has 0 spiro atoms. The molecule has 1 aromatic heterocycles. The SMILES string of the molecule is CCC1COC(C)CN1c1ncnc(Cl)c1OC. The molecule has 5 nitrogen and oxygen atoms in total. The molecule has 1 aliphatic rings. The first kappa shape index (κ1) is 13.4. The maximum absolute atomic E-state index is 6.04. The van der Waals surface area contributed by atoms with E-state index < -0.39 is 0 Å². The van der Waals surface area contributed by atoms with Gasteiger partial charge in [0.1, 0.15) is 6.33 Å². The van der Waals surface area contributed by atoms with Gasteiger partial charge in [-0.3, -0.25) is 0 Å². The van der Waals surface area contributed by atoms with E-state index in [2.05, 4.69) is 21.8 Å². The maximum atomic E-state index is 6.04. The second kappa shape index (κ2) is 5.71. The monoisotopic (exact) mass is 271 g/mol. The van der Waals surface area contributed by atoms with E-state index in [0.29, 0.717) is 23.6 Å². The van der Waals surface area contributed by atoms with Crippen LogP contribution in [0.4, 0.5) is 5.82 Å². The minimum atomic E-state index is 0.172. The minimum Gasteiger partial charge on any atom is -0.490 e. The summed E-state index contributed by atoms with van der Waals surface area (Å²) in [7, 11) is 1.58. The maximum Gasteiger partial charge on any atom is 0.199 e. The third kappa shape index (κ3) is 2.52. The van der Waals surface area contributed by atoms with Crippen LogP contribution in [0.2, 0.25) is 5.15 Å². The van der Waals surface area contributed by atoms with E-state index in [1.165, 1.54) is 6.33 Å². The molecule has 6 heteroatoms. The molecule has 0 amide bonds. The number of halogens is 1. The highest BCUT2D eigenvalue weighted by Crippen LogP contribution is 2.34. The lowest BCUT2D eigenvalue weighted by atomic mass is 10.1. The number of morpholine rings is 1. The van der Waals surface area contributed by atoms with Crippen LogP contribution in [0.25, 0.3) is 0 Å². The lowest BCUT2D eigenvalue weighted by Crippen LogP contribution is -2.49. The molecule has 0 aromatic carbocycles. The summed E-state index contributed by atoms with van der Waals surface area (Å²) in [4.78, 5) is 10.5. The van der Waals surface area contributed by atoms with E-state index in [9.17, 15) is 0 Å². The largest absolute Gasteiger partial charge is 0.490 e. The summed E-state index contributed by atoms with van der Waals surface area (Å²) in [6.45, 7) is 5.66. The number of rotatable bonds is 3. The Kier molecular flexibility index (Phi) is 4.24. The van der Waals surface area contributed by atoms with Crippen LogP contribution in [0.5, 0.6) is 5.75 Å². The van der Waals surface area contributed by atoms with Gasteiger partial charge in [-0.2, -0.15) is 0 Å². The first-order valence-electron chi connectivity index (χ1n) is 6.10. The molecule has 0 aliphatic carbocycles. The fraction of sp³-hybridized carbons (Fsp3) is 0.667. The Bertz CT molecular complexity index is 416. The van der Waals surface area contributed by atoms with Gasteiger partial charge in [0.15, 0.2) is 16.7 Å². The van der Waals surface area contributed by atoms with Gasteiger partial charge in [0, 0.05) is 6.54 Å². The summed E-state index contributed by atoms with van der Waals surface area (Å²) in [5, 5.41) is 0.344. The van der Waals surface area contributed by atoms with Crippen molar-refractivity contribution in [2.45, 2.75) is 32.4 Å². The van der Waals surface area contributed by atoms with Gasteiger partial charge in [0.2, 0.25) is 0 Å². The molecule has 2 heterocycles. The van der Waals surface area contributed by atoms with Crippen molar-refractivity contribution in [1.29, 1.82) is 0 Å². The average molecular weight is 272 g/mol. The van der Waals surface area contributed by atoms with Gasteiger partial charge in [0.25, 0.3) is 0 Å². The van der Waals surface area contributed by atoms with Crippen LogP contribution in [0.1, 0.15) is 20.3 Å². The van der Waals surface area contributed by atoms with Crippen LogP contribution in [0, 0.1) is 0 Å². The van der Waals surface area contributed by atoms with Crippen molar-refractivity contribution in [3.8, 4) is 5.75 Å². The number of hydrogen-bond acceptors (Lipinski definition) is 5. The minimum absolute atomic E-state index is 0.172. The molecule has 18 heavy (non-hydrogen) atoms. The molecular formula is C12H18ClN3O2. The number of hydrogen-bond donors (Lipinski definition) is 0. The van der Waals surface area contributed by atoms with Crippen molar-refractivity contribution in [3.63, 3.8) is 0 Å². The molecule has 1 saturated heterocycles. The van der Waals surface area contributed by atoms with Crippen LogP contribution < -0.4 is 9.64 Å². The van der Waals surface area contributed by atoms with E-state index in [1.807, 2.05) is 6.92 Å². The van der Waals surface area contributed by atoms with E-state index in [-0.39, 0.29) is 6.10 Å². The van der Waals surface area contributed by atoms with Crippen molar-refractivity contribution < 1.29 is 9.47 Å². The van der Waals surface area contributed by atoms with E-state index in [0.717, 1.165) is 18.8 Å². The molecule has 0 bridgehead atoms. The van der Waals surface area contributed by atoms with Crippen LogP contribution >= 0.6 is 11.6 Å². The van der Waals surface area contributed by atoms with E-state index >= 15 is 0 Å². The Balaban J connectivity index is 2.36. The molecule has 1 aromatic rings. The zero-order chi connectivity index (χ0) is 13.1. The number of methoxy groups -OCH3 is 1. The van der Waals surface area contributed by atoms with Crippen molar-refractivity contribution in [1.82, 2.24) is 9.97 Å². The first-order valence-corrected chi connectivity index (χ1v) is 6.47. The number of aromatic nitrogens is 2. The highest BCUT2D eigenvalue weighted by Gasteiger charge is 2.29. The Morgan fingerprint density at radius 2 is 2.33 bits per heavy atom. The van der Waals surface area contributed by atoms with Gasteiger partial charge in [-0.25, -0.2) is 9.97 Å². The molecule has 0 N–H and O–H groups in total. The molecular weight excluding hydrogens is 254 g/mol. The molecule has 2 rings (SSSR count). The smallest absolute Gasteiger partial charge is 0.199 e. The third-order valence-electron chi connectivity index (χ3n) is 3.16. The molecule has 100 valence electrons. The van der Waals surface area contributed by atoms with Crippen molar-refractivity contribution in [3.05, 3.63) is 11.5 Å². The van der Waals surface area contributed by atoms with Crippen LogP contribution in [0.3, 0.4) is 0 Å². The average Bonchev–Trinajstić information content (AvgIpc) is 2.38. The van der Waals surface area contributed by atoms with Gasteiger partial charge in [-0.05, 0) is 13.3 Å². The lowest BCUT2D eigenvalue weighted by molar-refractivity contribution is 0.0294. The summed E-state index contributed by atoms with van der Waals surface area (Å²) < 4.78 is 11.0. The summed E-state index contributed by atoms with van der Waals surface area (Å²) in [6.07, 6.45) is 2.62. The Morgan fingerprint density at radius 3 is 3.00 bits per heavy atom. The highest BCUT2D eigenvalue weighted by atomic mass is 35.5. The summed E-state index contributed by atoms with van der Waals surface area (Å²) >= 11 is 6.04. The predicted molar refractivity (Wildman–Crippen MR) is 70.4 cm³/mol. The Labute approximate surface area is 112 Å². The zero-order valence-electron chi connectivity index (χ0n) is 10.9. The van der Waals surface area contributed by atoms with Crippen molar-refractivity contribution >= 4 is 17.4 Å². The van der Waals surface area contributed by atoms with Gasteiger partial charge in [-0.15, -0.1) is 0 Å². The first-order chi connectivity index (χ1) is 8.67. The van der Waals surface area contributed by atoms with Crippen LogP contribution in [-0.2, 0) is 4.74 Å². The summed E-state index contributed by atoms with van der Waals surface area (Å²) in [5.74, 6) is 1.28. The second-order valence-electron chi connectivity index (χ2n) is 4.38. The lowest BCUT2D eigenvalue weighted by Gasteiger charge is -2.39. The molecule has 0 radical (unpaired) electrons. The predicted octanol–water partition coefficient (Wildman–Crippen LogP) is 2.14. The van der Waals surface area contributed by atoms with Crippen molar-refractivity contribution in [2.24, 2.45) is 0 Å². The number of nitrogens with zero attached hydrogens (tertiary/aromatic N) is 3. The second-order valence-corrected chi connectivity index (χ2v) is 4.74. The van der Waals surface area contributed by atoms with E-state index in [1.54, 1.807) is 7.11 Å². The molecule has 2 atom stereocenters. The van der Waals surface area contributed by atoms with Gasteiger partial charge < -0.3 is 14.4 Å². The standard InChI is InChI=1S/C12H18ClN3O2/c1-4-9-6-18-8(2)5-16(9)12-10(17-3)11(13)14-7-15-12/h7-9H,4-6H2,1-3H3. The fourth-order valence-corrected chi connectivity index (χ4v) is 2.37. The molecule has 0 saturated carbocycles. The van der Waals surface area contributed by atoms with Gasteiger partial charge in [0.05, 0.1) is 25.9 Å². The number of ether oxygens (including phenoxy) is 2. The summed E-state index contributed by atoms with van der Waals surface area (Å²) in [5.41, 5.74) is 0. The topological polar surface area (TPSA) is 47.5 Å². The number of anilines is 1. The van der Waals surface area contributed by atoms with Crippen LogP contribution in [0.15, 0.2) is 6.33 Å². The highest BCUT2D eigenvalue weighted by molar-refractivity contribution is 6.31. The Morgan fingerprint density at radius 1 is 1.56 bits per heavy atom. The molecule has 2 unspecified atom stereocenters. The van der Waals surface area contributed by atoms with E-state index in [4.69, 9.17) is 21.1 Å². The fourth-order valence-electron chi connectivity index (χ4n) is 2.17. The summed E-state index contributed by atoms with van der Waals surface area (Å²) in [6, 6.07) is 0.293. The van der Waals surface area contributed by atoms with Gasteiger partial charge in [-0.1, -0.05) is 18.5 Å². The van der Waals surface area contributed by atoms with Crippen molar-refractivity contribution in [2.75, 3.05) is 25.2 Å². The van der Waals surface area contributed by atoms with Crippen LogP contribution in [-0.4, -0.2) is 42.4 Å². The molecule has 1 aliphatic heterocycles. The normalized spacial score (nSPS) is 24.1. The third-order valence-corrected chi connectivity index (χ3v) is 3.43. The quantitative estimate of drug-likeness (QED) is 0.789. The van der Waals surface area contributed by atoms with Gasteiger partial charge >= 0.3 is 0 Å². The Hall–Kier alpha value is -1.07. The molecule has 1 fully saturated rings. The zero-order valence-corrected chi connectivity index (χ0v) is 11.6.